The highest BCUT2D eigenvalue weighted by Crippen LogP contribution is 2.59. The van der Waals surface area contributed by atoms with Crippen LogP contribution in [0.4, 0.5) is 11.4 Å². The standard InChI is InChI=1S/C43H20N6/c1-43(2)31-17-29-25-9-5-21(19-44)13-33(25)48-34-14-22(20-45)6-10-27(34)37(41(29)48)39(31)40-32(43)18-30-26-11-7-23(46-3)15-35(26)49-36-16-24(47-4)8-12-28(36)38(40)42(30)49/h5-18H,1-2H3. The number of rotatable bonds is 0. The average molecular weight is 621 g/mol. The van der Waals surface area contributed by atoms with Crippen molar-refractivity contribution < 1.29 is 0 Å². The van der Waals surface area contributed by atoms with Crippen molar-refractivity contribution >= 4 is 87.6 Å². The van der Waals surface area contributed by atoms with Gasteiger partial charge >= 0.3 is 0 Å². The molecule has 0 aliphatic heterocycles. The van der Waals surface area contributed by atoms with E-state index < -0.39 is 0 Å². The zero-order valence-corrected chi connectivity index (χ0v) is 26.3. The molecule has 0 spiro atoms. The molecule has 4 heterocycles. The lowest BCUT2D eigenvalue weighted by molar-refractivity contribution is 0.662. The summed E-state index contributed by atoms with van der Waals surface area (Å²) in [5, 5.41) is 28.7. The monoisotopic (exact) mass is 620 g/mol. The molecule has 0 saturated heterocycles. The minimum absolute atomic E-state index is 0.361. The lowest BCUT2D eigenvalue weighted by atomic mass is 9.81. The number of aromatic nitrogens is 2. The van der Waals surface area contributed by atoms with Crippen LogP contribution in [0.3, 0.4) is 0 Å². The maximum Gasteiger partial charge on any atom is 0.189 e. The highest BCUT2D eigenvalue weighted by Gasteiger charge is 2.41. The molecular weight excluding hydrogens is 601 g/mol. The number of fused-ring (bicyclic) bond motifs is 17. The van der Waals surface area contributed by atoms with E-state index in [-0.39, 0.29) is 5.41 Å². The van der Waals surface area contributed by atoms with Gasteiger partial charge in [-0.25, -0.2) is 9.69 Å². The molecule has 0 N–H and O–H groups in total. The molecule has 1 aliphatic carbocycles. The van der Waals surface area contributed by atoms with Crippen molar-refractivity contribution in [1.82, 2.24) is 8.80 Å². The second kappa shape index (κ2) is 8.23. The maximum atomic E-state index is 9.94. The summed E-state index contributed by atoms with van der Waals surface area (Å²) in [7, 11) is 0. The Bertz CT molecular complexity index is 3170. The highest BCUT2D eigenvalue weighted by atomic mass is 14.9. The smallest absolute Gasteiger partial charge is 0.189 e. The van der Waals surface area contributed by atoms with Crippen molar-refractivity contribution in [2.75, 3.05) is 0 Å². The predicted molar refractivity (Wildman–Crippen MR) is 195 cm³/mol. The van der Waals surface area contributed by atoms with Gasteiger partial charge in [-0.2, -0.15) is 10.5 Å². The Morgan fingerprint density at radius 2 is 0.939 bits per heavy atom. The fourth-order valence-electron chi connectivity index (χ4n) is 9.14. The van der Waals surface area contributed by atoms with Crippen LogP contribution in [0, 0.1) is 35.8 Å². The van der Waals surface area contributed by atoms with Crippen molar-refractivity contribution in [1.29, 1.82) is 10.5 Å². The van der Waals surface area contributed by atoms with E-state index in [2.05, 4.69) is 80.9 Å². The van der Waals surface area contributed by atoms with Crippen molar-refractivity contribution in [2.24, 2.45) is 0 Å². The van der Waals surface area contributed by atoms with Gasteiger partial charge in [-0.05, 0) is 70.8 Å². The summed E-state index contributed by atoms with van der Waals surface area (Å²) in [6, 6.07) is 33.1. The van der Waals surface area contributed by atoms with Gasteiger partial charge in [0.25, 0.3) is 0 Å². The summed E-state index contributed by atoms with van der Waals surface area (Å²) in [5.74, 6) is 0. The van der Waals surface area contributed by atoms with Crippen LogP contribution in [0.5, 0.6) is 0 Å². The highest BCUT2D eigenvalue weighted by molar-refractivity contribution is 6.34. The van der Waals surface area contributed by atoms with Gasteiger partial charge in [0.15, 0.2) is 11.4 Å². The van der Waals surface area contributed by atoms with E-state index in [0.29, 0.717) is 22.5 Å². The van der Waals surface area contributed by atoms with Crippen LogP contribution in [-0.2, 0) is 5.41 Å². The lowest BCUT2D eigenvalue weighted by Crippen LogP contribution is -2.15. The minimum Gasteiger partial charge on any atom is -0.311 e. The molecule has 0 radical (unpaired) electrons. The molecule has 11 rings (SSSR count). The first-order valence-electron chi connectivity index (χ1n) is 16.0. The molecule has 0 saturated carbocycles. The number of nitriles is 2. The van der Waals surface area contributed by atoms with E-state index in [4.69, 9.17) is 13.1 Å². The largest absolute Gasteiger partial charge is 0.311 e. The number of hydrogen-bond donors (Lipinski definition) is 0. The summed E-state index contributed by atoms with van der Waals surface area (Å²) < 4.78 is 4.51. The quantitative estimate of drug-likeness (QED) is 0.158. The van der Waals surface area contributed by atoms with Crippen LogP contribution in [0.1, 0.15) is 36.1 Å². The van der Waals surface area contributed by atoms with Crippen LogP contribution < -0.4 is 0 Å². The topological polar surface area (TPSA) is 65.1 Å². The number of benzene rings is 6. The summed E-state index contributed by atoms with van der Waals surface area (Å²) in [4.78, 5) is 7.54. The van der Waals surface area contributed by atoms with E-state index in [1.807, 2.05) is 48.5 Å². The molecule has 222 valence electrons. The number of hydrogen-bond acceptors (Lipinski definition) is 2. The van der Waals surface area contributed by atoms with E-state index >= 15 is 0 Å². The Kier molecular flexibility index (Phi) is 4.37. The summed E-state index contributed by atoms with van der Waals surface area (Å²) in [6.07, 6.45) is 0. The van der Waals surface area contributed by atoms with Gasteiger partial charge in [0.1, 0.15) is 0 Å². The molecule has 0 bridgehead atoms. The average Bonchev–Trinajstić information content (AvgIpc) is 3.89. The Morgan fingerprint density at radius 1 is 0.531 bits per heavy atom. The Balaban J connectivity index is 1.43. The first kappa shape index (κ1) is 26.0. The fraction of sp³-hybridized carbons (Fsp3) is 0.0698. The zero-order chi connectivity index (χ0) is 33.1. The third-order valence-corrected chi connectivity index (χ3v) is 11.2. The Morgan fingerprint density at radius 3 is 1.43 bits per heavy atom. The van der Waals surface area contributed by atoms with Gasteiger partial charge in [0.2, 0.25) is 0 Å². The SMILES string of the molecule is [C-]#[N+]c1ccc2c3cc4c(c5c6ccc([N+]#[C-])cc6n(c2c1)c35)-c1c(cc2c3ccc(C#N)cc3n3c5cc(C#N)ccc5c1c23)C4(C)C. The molecule has 6 aromatic carbocycles. The molecule has 0 atom stereocenters. The van der Waals surface area contributed by atoms with Crippen LogP contribution in [0.15, 0.2) is 84.9 Å². The van der Waals surface area contributed by atoms with Gasteiger partial charge < -0.3 is 8.80 Å². The molecule has 6 heteroatoms. The van der Waals surface area contributed by atoms with Crippen LogP contribution in [0.2, 0.25) is 0 Å². The van der Waals surface area contributed by atoms with Gasteiger partial charge in [-0.3, -0.25) is 0 Å². The first-order valence-corrected chi connectivity index (χ1v) is 16.0. The summed E-state index contributed by atoms with van der Waals surface area (Å²) >= 11 is 0. The third-order valence-electron chi connectivity index (χ3n) is 11.2. The van der Waals surface area contributed by atoms with Gasteiger partial charge in [-0.1, -0.05) is 50.2 Å². The number of nitrogens with zero attached hydrogens (tertiary/aromatic N) is 6. The Hall–Kier alpha value is -7.12. The van der Waals surface area contributed by atoms with Crippen molar-refractivity contribution in [3.05, 3.63) is 130 Å². The molecule has 49 heavy (non-hydrogen) atoms. The van der Waals surface area contributed by atoms with E-state index in [1.165, 1.54) is 22.3 Å². The summed E-state index contributed by atoms with van der Waals surface area (Å²) in [6.45, 7) is 20.2. The second-order valence-electron chi connectivity index (χ2n) is 13.8. The molecule has 0 fully saturated rings. The summed E-state index contributed by atoms with van der Waals surface area (Å²) in [5.41, 5.74) is 12.9. The molecule has 4 aromatic heterocycles. The van der Waals surface area contributed by atoms with Gasteiger partial charge in [0, 0.05) is 59.5 Å². The van der Waals surface area contributed by atoms with Crippen LogP contribution in [-0.4, -0.2) is 8.80 Å². The van der Waals surface area contributed by atoms with Crippen LogP contribution >= 0.6 is 0 Å². The molecular formula is C43H20N6. The first-order chi connectivity index (χ1) is 23.9. The normalized spacial score (nSPS) is 13.6. The van der Waals surface area contributed by atoms with Gasteiger partial charge in [-0.15, -0.1) is 0 Å². The van der Waals surface area contributed by atoms with Crippen molar-refractivity contribution in [3.8, 4) is 23.3 Å². The maximum absolute atomic E-state index is 9.94. The molecule has 10 aromatic rings. The molecule has 6 nitrogen and oxygen atoms in total. The van der Waals surface area contributed by atoms with Crippen molar-refractivity contribution in [3.63, 3.8) is 0 Å². The van der Waals surface area contributed by atoms with Crippen molar-refractivity contribution in [2.45, 2.75) is 19.3 Å². The fourth-order valence-corrected chi connectivity index (χ4v) is 9.14. The molecule has 1 aliphatic rings. The Labute approximate surface area is 278 Å². The van der Waals surface area contributed by atoms with E-state index in [0.717, 1.165) is 76.2 Å². The zero-order valence-electron chi connectivity index (χ0n) is 26.3. The minimum atomic E-state index is -0.361. The second-order valence-corrected chi connectivity index (χ2v) is 13.8. The van der Waals surface area contributed by atoms with E-state index in [1.54, 1.807) is 0 Å². The molecule has 0 amide bonds. The van der Waals surface area contributed by atoms with Gasteiger partial charge in [0.05, 0.1) is 58.5 Å². The molecule has 0 unspecified atom stereocenters. The third kappa shape index (κ3) is 2.79. The lowest BCUT2D eigenvalue weighted by Gasteiger charge is -2.22. The van der Waals surface area contributed by atoms with Crippen LogP contribution in [0.25, 0.3) is 97.0 Å². The van der Waals surface area contributed by atoms with E-state index in [9.17, 15) is 10.5 Å². The predicted octanol–water partition coefficient (Wildman–Crippen LogP) is 11.1.